The third-order valence-corrected chi connectivity index (χ3v) is 5.01. The Labute approximate surface area is 170 Å². The molecule has 0 spiro atoms. The molecule has 0 saturated carbocycles. The summed E-state index contributed by atoms with van der Waals surface area (Å²) < 4.78 is 0. The number of hydrogen-bond donors (Lipinski definition) is 2. The van der Waals surface area contributed by atoms with E-state index in [2.05, 4.69) is 15.6 Å². The number of nitrogens with one attached hydrogen (secondary N) is 2. The van der Waals surface area contributed by atoms with Gasteiger partial charge in [-0.25, -0.2) is 4.98 Å². The van der Waals surface area contributed by atoms with Crippen molar-refractivity contribution in [2.45, 2.75) is 13.5 Å². The molecule has 8 heteroatoms. The van der Waals surface area contributed by atoms with Gasteiger partial charge in [-0.15, -0.1) is 11.3 Å². The molecule has 0 saturated heterocycles. The van der Waals surface area contributed by atoms with Gasteiger partial charge in [-0.1, -0.05) is 47.5 Å². The molecule has 1 heterocycles. The number of halogens is 2. The maximum atomic E-state index is 12.4. The molecule has 3 aromatic rings. The summed E-state index contributed by atoms with van der Waals surface area (Å²) in [5, 5.41) is 8.57. The normalized spacial score (nSPS) is 10.5. The zero-order chi connectivity index (χ0) is 19.4. The minimum absolute atomic E-state index is 0.0706. The summed E-state index contributed by atoms with van der Waals surface area (Å²) >= 11 is 13.3. The van der Waals surface area contributed by atoms with Crippen LogP contribution in [0.25, 0.3) is 11.3 Å². The highest BCUT2D eigenvalue weighted by Crippen LogP contribution is 2.27. The Morgan fingerprint density at radius 2 is 1.85 bits per heavy atom. The van der Waals surface area contributed by atoms with Crippen molar-refractivity contribution < 1.29 is 9.59 Å². The van der Waals surface area contributed by atoms with Crippen LogP contribution in [0.1, 0.15) is 22.8 Å². The van der Waals surface area contributed by atoms with Crippen LogP contribution >= 0.6 is 34.5 Å². The third kappa shape index (κ3) is 5.07. The number of nitrogens with zero attached hydrogens (tertiary/aromatic N) is 1. The fourth-order valence-corrected chi connectivity index (χ4v) is 3.41. The highest BCUT2D eigenvalue weighted by molar-refractivity contribution is 7.14. The van der Waals surface area contributed by atoms with Gasteiger partial charge in [0.25, 0.3) is 5.91 Å². The fourth-order valence-electron chi connectivity index (χ4n) is 2.32. The third-order valence-electron chi connectivity index (χ3n) is 3.69. The standard InChI is InChI=1S/C19H15Cl2N3O2S/c1-11(25)22-9-12-2-4-13(5-3-12)17-10-27-19(23-17)24-18(26)15-8-14(20)6-7-16(15)21/h2-8,10H,9H2,1H3,(H,22,25)(H,23,24,26). The van der Waals surface area contributed by atoms with E-state index < -0.39 is 0 Å². The molecule has 5 nitrogen and oxygen atoms in total. The zero-order valence-electron chi connectivity index (χ0n) is 14.3. The number of benzene rings is 2. The Hall–Kier alpha value is -2.41. The highest BCUT2D eigenvalue weighted by Gasteiger charge is 2.13. The molecule has 0 radical (unpaired) electrons. The second kappa shape index (κ2) is 8.52. The van der Waals surface area contributed by atoms with Crippen molar-refractivity contribution in [1.29, 1.82) is 0 Å². The van der Waals surface area contributed by atoms with Crippen LogP contribution in [-0.4, -0.2) is 16.8 Å². The molecule has 138 valence electrons. The molecule has 2 aromatic carbocycles. The van der Waals surface area contributed by atoms with E-state index in [1.165, 1.54) is 24.3 Å². The first-order valence-corrected chi connectivity index (χ1v) is 9.61. The Morgan fingerprint density at radius 1 is 1.11 bits per heavy atom. The van der Waals surface area contributed by atoms with Gasteiger partial charge in [-0.3, -0.25) is 14.9 Å². The van der Waals surface area contributed by atoms with Gasteiger partial charge < -0.3 is 5.32 Å². The smallest absolute Gasteiger partial charge is 0.259 e. The van der Waals surface area contributed by atoms with E-state index in [0.29, 0.717) is 27.3 Å². The molecule has 0 aliphatic carbocycles. The monoisotopic (exact) mass is 419 g/mol. The van der Waals surface area contributed by atoms with Gasteiger partial charge >= 0.3 is 0 Å². The second-order valence-electron chi connectivity index (χ2n) is 5.72. The summed E-state index contributed by atoms with van der Waals surface area (Å²) in [7, 11) is 0. The number of anilines is 1. The molecule has 0 unspecified atom stereocenters. The maximum Gasteiger partial charge on any atom is 0.259 e. The van der Waals surface area contributed by atoms with Crippen LogP contribution in [0.15, 0.2) is 47.8 Å². The maximum absolute atomic E-state index is 12.4. The minimum Gasteiger partial charge on any atom is -0.352 e. The summed E-state index contributed by atoms with van der Waals surface area (Å²) in [6.07, 6.45) is 0. The van der Waals surface area contributed by atoms with Crippen LogP contribution < -0.4 is 10.6 Å². The molecule has 2 N–H and O–H groups in total. The van der Waals surface area contributed by atoms with Crippen molar-refractivity contribution in [1.82, 2.24) is 10.3 Å². The first kappa shape index (κ1) is 19.4. The summed E-state index contributed by atoms with van der Waals surface area (Å²) in [5.74, 6) is -0.437. The molecule has 0 bridgehead atoms. The van der Waals surface area contributed by atoms with E-state index in [-0.39, 0.29) is 11.8 Å². The SMILES string of the molecule is CC(=O)NCc1ccc(-c2csc(NC(=O)c3cc(Cl)ccc3Cl)n2)cc1. The first-order chi connectivity index (χ1) is 12.9. The van der Waals surface area contributed by atoms with Gasteiger partial charge in [0, 0.05) is 29.4 Å². The average Bonchev–Trinajstić information content (AvgIpc) is 3.10. The van der Waals surface area contributed by atoms with Crippen molar-refractivity contribution >= 4 is 51.5 Å². The molecule has 1 aromatic heterocycles. The van der Waals surface area contributed by atoms with Crippen LogP contribution in [0.2, 0.25) is 10.0 Å². The number of carbonyl (C=O) groups excluding carboxylic acids is 2. The van der Waals surface area contributed by atoms with Gasteiger partial charge in [0.15, 0.2) is 5.13 Å². The molecule has 0 aliphatic rings. The number of carbonyl (C=O) groups is 2. The van der Waals surface area contributed by atoms with E-state index in [1.54, 1.807) is 12.1 Å². The van der Waals surface area contributed by atoms with Crippen molar-refractivity contribution in [2.75, 3.05) is 5.32 Å². The van der Waals surface area contributed by atoms with Gasteiger partial charge in [0.1, 0.15) is 0 Å². The van der Waals surface area contributed by atoms with E-state index in [0.717, 1.165) is 16.8 Å². The lowest BCUT2D eigenvalue weighted by Crippen LogP contribution is -2.18. The van der Waals surface area contributed by atoms with Gasteiger partial charge in [0.2, 0.25) is 5.91 Å². The summed E-state index contributed by atoms with van der Waals surface area (Å²) in [6.45, 7) is 1.96. The quantitative estimate of drug-likeness (QED) is 0.610. The van der Waals surface area contributed by atoms with E-state index in [4.69, 9.17) is 23.2 Å². The van der Waals surface area contributed by atoms with E-state index in [9.17, 15) is 9.59 Å². The van der Waals surface area contributed by atoms with Gasteiger partial charge in [-0.2, -0.15) is 0 Å². The lowest BCUT2D eigenvalue weighted by Gasteiger charge is -2.05. The molecule has 27 heavy (non-hydrogen) atoms. The van der Waals surface area contributed by atoms with Crippen molar-refractivity contribution in [2.24, 2.45) is 0 Å². The van der Waals surface area contributed by atoms with Crippen molar-refractivity contribution in [3.8, 4) is 11.3 Å². The molecule has 0 atom stereocenters. The molecular weight excluding hydrogens is 405 g/mol. The topological polar surface area (TPSA) is 71.1 Å². The van der Waals surface area contributed by atoms with Crippen LogP contribution in [-0.2, 0) is 11.3 Å². The molecule has 2 amide bonds. The summed E-state index contributed by atoms with van der Waals surface area (Å²) in [6, 6.07) is 12.4. The average molecular weight is 420 g/mol. The molecule has 0 fully saturated rings. The molecule has 3 rings (SSSR count). The number of thiazole rings is 1. The Morgan fingerprint density at radius 3 is 2.56 bits per heavy atom. The van der Waals surface area contributed by atoms with E-state index in [1.807, 2.05) is 29.6 Å². The Bertz CT molecular complexity index is 987. The van der Waals surface area contributed by atoms with Gasteiger partial charge in [-0.05, 0) is 23.8 Å². The Kier molecular flexibility index (Phi) is 6.11. The van der Waals surface area contributed by atoms with Crippen LogP contribution in [0.5, 0.6) is 0 Å². The Balaban J connectivity index is 1.70. The molecular formula is C19H15Cl2N3O2S. The predicted molar refractivity (Wildman–Crippen MR) is 109 cm³/mol. The minimum atomic E-state index is -0.367. The van der Waals surface area contributed by atoms with Crippen LogP contribution in [0, 0.1) is 0 Å². The number of rotatable bonds is 5. The van der Waals surface area contributed by atoms with E-state index >= 15 is 0 Å². The van der Waals surface area contributed by atoms with Gasteiger partial charge in [0.05, 0.1) is 16.3 Å². The largest absolute Gasteiger partial charge is 0.352 e. The lowest BCUT2D eigenvalue weighted by molar-refractivity contribution is -0.119. The van der Waals surface area contributed by atoms with Crippen molar-refractivity contribution in [3.05, 3.63) is 69.0 Å². The van der Waals surface area contributed by atoms with Crippen LogP contribution in [0.3, 0.4) is 0 Å². The van der Waals surface area contributed by atoms with Crippen LogP contribution in [0.4, 0.5) is 5.13 Å². The second-order valence-corrected chi connectivity index (χ2v) is 7.42. The predicted octanol–water partition coefficient (Wildman–Crippen LogP) is 5.01. The molecule has 0 aliphatic heterocycles. The van der Waals surface area contributed by atoms with Crippen molar-refractivity contribution in [3.63, 3.8) is 0 Å². The number of hydrogen-bond acceptors (Lipinski definition) is 4. The summed E-state index contributed by atoms with van der Waals surface area (Å²) in [5.41, 5.74) is 2.95. The summed E-state index contributed by atoms with van der Waals surface area (Å²) in [4.78, 5) is 27.8. The fraction of sp³-hybridized carbons (Fsp3) is 0.105. The number of aromatic nitrogens is 1. The number of amides is 2. The zero-order valence-corrected chi connectivity index (χ0v) is 16.6. The lowest BCUT2D eigenvalue weighted by atomic mass is 10.1. The first-order valence-electron chi connectivity index (χ1n) is 7.98. The highest BCUT2D eigenvalue weighted by atomic mass is 35.5.